The molecule has 0 radical (unpaired) electrons. The molecule has 1 aliphatic heterocycles. The molecule has 1 N–H and O–H groups in total. The first-order valence-electron chi connectivity index (χ1n) is 12.1. The van der Waals surface area contributed by atoms with E-state index < -0.39 is 18.0 Å². The van der Waals surface area contributed by atoms with Gasteiger partial charge in [-0.3, -0.25) is 9.88 Å². The molecule has 1 atom stereocenters. The average molecular weight is 566 g/mol. The van der Waals surface area contributed by atoms with Gasteiger partial charge in [0.2, 0.25) is 0 Å². The molecule has 2 aromatic carbocycles. The Morgan fingerprint density at radius 2 is 2.03 bits per heavy atom. The summed E-state index contributed by atoms with van der Waals surface area (Å²) in [4.78, 5) is 30.5. The van der Waals surface area contributed by atoms with Crippen molar-refractivity contribution >= 4 is 55.8 Å². The Hall–Kier alpha value is -4.09. The van der Waals surface area contributed by atoms with Crippen LogP contribution in [0.3, 0.4) is 0 Å². The molecule has 0 bridgehead atoms. The van der Waals surface area contributed by atoms with E-state index in [1.165, 1.54) is 29.8 Å². The molecule has 198 valence electrons. The van der Waals surface area contributed by atoms with Gasteiger partial charge in [-0.1, -0.05) is 11.6 Å². The van der Waals surface area contributed by atoms with Crippen LogP contribution in [0, 0.1) is 12.7 Å². The minimum absolute atomic E-state index is 0.0198. The fourth-order valence-corrected chi connectivity index (χ4v) is 6.01. The highest BCUT2D eigenvalue weighted by atomic mass is 35.5. The van der Waals surface area contributed by atoms with Crippen molar-refractivity contribution in [2.24, 2.45) is 0 Å². The largest absolute Gasteiger partial charge is 0.492 e. The van der Waals surface area contributed by atoms with Crippen molar-refractivity contribution in [1.82, 2.24) is 19.9 Å². The van der Waals surface area contributed by atoms with Crippen LogP contribution in [0.5, 0.6) is 11.5 Å². The molecule has 0 spiro atoms. The van der Waals surface area contributed by atoms with E-state index in [9.17, 15) is 9.90 Å². The van der Waals surface area contributed by atoms with E-state index in [2.05, 4.69) is 15.0 Å². The summed E-state index contributed by atoms with van der Waals surface area (Å²) < 4.78 is 27.4. The standard InChI is InChI=1S/C27H21ClFN5O4S/c1-3-37-17-5-14-4-15(28)6-19(23(14)32-11-17)26-33-22-8-21(29)24-20(25(22)39-26)7-18(38-24)12-34(27(35)36)16-9-30-13(2)31-10-16/h4-6,8-11,18H,3,7,12H2,1-2H3,(H,35,36)/t18-/m1/s1. The molecule has 0 fully saturated rings. The van der Waals surface area contributed by atoms with Gasteiger partial charge in [0, 0.05) is 34.0 Å². The van der Waals surface area contributed by atoms with Crippen LogP contribution < -0.4 is 14.4 Å². The van der Waals surface area contributed by atoms with Gasteiger partial charge in [0.25, 0.3) is 0 Å². The number of carbonyl (C=O) groups is 1. The van der Waals surface area contributed by atoms with E-state index in [4.69, 9.17) is 26.1 Å². The van der Waals surface area contributed by atoms with Gasteiger partial charge in [-0.05, 0) is 32.0 Å². The molecular weight excluding hydrogens is 545 g/mol. The first-order valence-corrected chi connectivity index (χ1v) is 13.3. The number of hydrogen-bond donors (Lipinski definition) is 1. The third kappa shape index (κ3) is 4.68. The van der Waals surface area contributed by atoms with Crippen LogP contribution in [0.2, 0.25) is 5.02 Å². The molecule has 1 aliphatic rings. The average Bonchev–Trinajstić information content (AvgIpc) is 3.52. The summed E-state index contributed by atoms with van der Waals surface area (Å²) >= 11 is 7.83. The van der Waals surface area contributed by atoms with Gasteiger partial charge in [0.1, 0.15) is 22.7 Å². The van der Waals surface area contributed by atoms with Gasteiger partial charge in [-0.2, -0.15) is 0 Å². The monoisotopic (exact) mass is 565 g/mol. The maximum atomic E-state index is 15.1. The summed E-state index contributed by atoms with van der Waals surface area (Å²) in [5.41, 5.74) is 2.87. The van der Waals surface area contributed by atoms with Gasteiger partial charge in [0.05, 0.1) is 53.2 Å². The summed E-state index contributed by atoms with van der Waals surface area (Å²) in [7, 11) is 0. The lowest BCUT2D eigenvalue weighted by atomic mass is 10.1. The number of nitrogens with zero attached hydrogens (tertiary/aromatic N) is 5. The predicted molar refractivity (Wildman–Crippen MR) is 147 cm³/mol. The highest BCUT2D eigenvalue weighted by Crippen LogP contribution is 2.44. The van der Waals surface area contributed by atoms with Crippen LogP contribution in [0.4, 0.5) is 14.9 Å². The second-order valence-electron chi connectivity index (χ2n) is 8.99. The number of benzene rings is 2. The quantitative estimate of drug-likeness (QED) is 0.256. The van der Waals surface area contributed by atoms with Crippen LogP contribution in [-0.4, -0.2) is 50.4 Å². The summed E-state index contributed by atoms with van der Waals surface area (Å²) in [6.07, 6.45) is 3.06. The van der Waals surface area contributed by atoms with Crippen LogP contribution >= 0.6 is 22.9 Å². The van der Waals surface area contributed by atoms with Crippen LogP contribution in [0.1, 0.15) is 18.3 Å². The van der Waals surface area contributed by atoms with E-state index in [0.29, 0.717) is 56.9 Å². The predicted octanol–water partition coefficient (Wildman–Crippen LogP) is 6.29. The molecule has 12 heteroatoms. The molecule has 5 aromatic rings. The molecule has 1 amide bonds. The fourth-order valence-electron chi connectivity index (χ4n) is 4.67. The normalized spacial score (nSPS) is 14.4. The molecule has 0 saturated carbocycles. The summed E-state index contributed by atoms with van der Waals surface area (Å²) in [5.74, 6) is 0.728. The summed E-state index contributed by atoms with van der Waals surface area (Å²) in [6.45, 7) is 4.11. The van der Waals surface area contributed by atoms with Crippen molar-refractivity contribution < 1.29 is 23.8 Å². The van der Waals surface area contributed by atoms with E-state index >= 15 is 4.39 Å². The van der Waals surface area contributed by atoms with Crippen molar-refractivity contribution in [2.45, 2.75) is 26.4 Å². The number of fused-ring (bicyclic) bond motifs is 4. The van der Waals surface area contributed by atoms with Crippen molar-refractivity contribution in [1.29, 1.82) is 0 Å². The molecule has 39 heavy (non-hydrogen) atoms. The van der Waals surface area contributed by atoms with Gasteiger partial charge >= 0.3 is 6.09 Å². The Bertz CT molecular complexity index is 1750. The molecule has 0 unspecified atom stereocenters. The van der Waals surface area contributed by atoms with Crippen LogP contribution in [0.25, 0.3) is 31.7 Å². The lowest BCUT2D eigenvalue weighted by Crippen LogP contribution is -2.38. The molecular formula is C27H21ClFN5O4S. The number of pyridine rings is 1. The van der Waals surface area contributed by atoms with E-state index in [1.807, 2.05) is 19.1 Å². The number of aryl methyl sites for hydroxylation is 1. The van der Waals surface area contributed by atoms with E-state index in [1.54, 1.807) is 19.2 Å². The minimum atomic E-state index is -1.18. The van der Waals surface area contributed by atoms with Crippen molar-refractivity contribution in [3.8, 4) is 22.1 Å². The molecule has 6 rings (SSSR count). The summed E-state index contributed by atoms with van der Waals surface area (Å²) in [6, 6.07) is 6.82. The first kappa shape index (κ1) is 25.2. The number of hydrogen-bond acceptors (Lipinski definition) is 8. The number of aromatic nitrogens is 4. The number of anilines is 1. The Morgan fingerprint density at radius 3 is 2.77 bits per heavy atom. The van der Waals surface area contributed by atoms with Crippen LogP contribution in [0.15, 0.2) is 42.9 Å². The minimum Gasteiger partial charge on any atom is -0.492 e. The molecule has 0 aliphatic carbocycles. The lowest BCUT2D eigenvalue weighted by molar-refractivity contribution is 0.190. The number of rotatable bonds is 6. The van der Waals surface area contributed by atoms with Crippen molar-refractivity contribution in [3.05, 3.63) is 65.1 Å². The SMILES string of the molecule is CCOc1cnc2c(-c3nc4cc(F)c5c(c4s3)C[C@H](CN(C(=O)O)c3cnc(C)nc3)O5)cc(Cl)cc2c1. The van der Waals surface area contributed by atoms with Gasteiger partial charge in [-0.15, -0.1) is 11.3 Å². The number of thiazole rings is 1. The zero-order valence-corrected chi connectivity index (χ0v) is 22.4. The second kappa shape index (κ2) is 9.90. The third-order valence-corrected chi connectivity index (χ3v) is 7.74. The zero-order chi connectivity index (χ0) is 27.3. The maximum absolute atomic E-state index is 15.1. The third-order valence-electron chi connectivity index (χ3n) is 6.36. The highest BCUT2D eigenvalue weighted by molar-refractivity contribution is 7.22. The topological polar surface area (TPSA) is 111 Å². The molecule has 3 aromatic heterocycles. The molecule has 9 nitrogen and oxygen atoms in total. The second-order valence-corrected chi connectivity index (χ2v) is 10.4. The zero-order valence-electron chi connectivity index (χ0n) is 20.8. The van der Waals surface area contributed by atoms with E-state index in [0.717, 1.165) is 20.5 Å². The number of carboxylic acid groups (broad SMARTS) is 1. The fraction of sp³-hybridized carbons (Fsp3) is 0.222. The van der Waals surface area contributed by atoms with Gasteiger partial charge in [-0.25, -0.2) is 24.1 Å². The summed E-state index contributed by atoms with van der Waals surface area (Å²) in [5, 5.41) is 11.7. The maximum Gasteiger partial charge on any atom is 0.412 e. The smallest absolute Gasteiger partial charge is 0.412 e. The van der Waals surface area contributed by atoms with Gasteiger partial charge < -0.3 is 14.6 Å². The molecule has 0 saturated heterocycles. The highest BCUT2D eigenvalue weighted by Gasteiger charge is 2.33. The van der Waals surface area contributed by atoms with Gasteiger partial charge in [0.15, 0.2) is 11.6 Å². The Labute approximate surface area is 230 Å². The molecule has 4 heterocycles. The number of halogens is 2. The number of amides is 1. The Balaban J connectivity index is 1.36. The lowest BCUT2D eigenvalue weighted by Gasteiger charge is -2.22. The van der Waals surface area contributed by atoms with Crippen molar-refractivity contribution in [2.75, 3.05) is 18.1 Å². The number of ether oxygens (including phenoxy) is 2. The Kier molecular flexibility index (Phi) is 6.40. The van der Waals surface area contributed by atoms with Crippen molar-refractivity contribution in [3.63, 3.8) is 0 Å². The first-order chi connectivity index (χ1) is 18.8. The van der Waals surface area contributed by atoms with E-state index in [-0.39, 0.29) is 12.3 Å². The van der Waals surface area contributed by atoms with Crippen LogP contribution in [-0.2, 0) is 6.42 Å². The Morgan fingerprint density at radius 1 is 1.23 bits per heavy atom.